The average Bonchev–Trinajstić information content (AvgIpc) is 2.65. The first-order chi connectivity index (χ1) is 12.4. The molecule has 0 spiro atoms. The number of hydrogen-bond donors (Lipinski definition) is 1. The van der Waals surface area contributed by atoms with Gasteiger partial charge < -0.3 is 14.9 Å². The first-order valence-electron chi connectivity index (χ1n) is 10.2. The van der Waals surface area contributed by atoms with Crippen LogP contribution in [0.4, 0.5) is 0 Å². The van der Waals surface area contributed by atoms with Gasteiger partial charge in [-0.05, 0) is 62.5 Å². The van der Waals surface area contributed by atoms with Gasteiger partial charge in [-0.1, -0.05) is 32.3 Å². The van der Waals surface area contributed by atoms with Crippen molar-refractivity contribution in [2.24, 2.45) is 5.92 Å². The quantitative estimate of drug-likeness (QED) is 0.884. The van der Waals surface area contributed by atoms with E-state index in [9.17, 15) is 9.90 Å². The van der Waals surface area contributed by atoms with Crippen molar-refractivity contribution in [2.75, 3.05) is 20.6 Å². The number of carbonyl (C=O) groups is 1. The number of likely N-dealkylation sites (N-methyl/N-ethyl adjacent to an activating group) is 2. The lowest BCUT2D eigenvalue weighted by Gasteiger charge is -2.57. The molecule has 1 aromatic carbocycles. The molecule has 1 N–H and O–H groups in total. The molecule has 1 aromatic rings. The van der Waals surface area contributed by atoms with E-state index in [0.29, 0.717) is 17.7 Å². The Hall–Kier alpha value is -1.55. The normalized spacial score (nSPS) is 32.1. The van der Waals surface area contributed by atoms with Crippen LogP contribution in [0, 0.1) is 5.92 Å². The minimum atomic E-state index is -0.0947. The van der Waals surface area contributed by atoms with E-state index in [1.165, 1.54) is 30.4 Å². The molecule has 26 heavy (non-hydrogen) atoms. The summed E-state index contributed by atoms with van der Waals surface area (Å²) in [6, 6.07) is 6.35. The van der Waals surface area contributed by atoms with Crippen LogP contribution in [-0.2, 0) is 16.6 Å². The number of rotatable bonds is 2. The number of piperidine rings is 1. The lowest BCUT2D eigenvalue weighted by molar-refractivity contribution is -0.142. The Morgan fingerprint density at radius 2 is 2.00 bits per heavy atom. The molecule has 142 valence electrons. The van der Waals surface area contributed by atoms with Crippen LogP contribution < -0.4 is 0 Å². The highest BCUT2D eigenvalue weighted by Crippen LogP contribution is 2.47. The van der Waals surface area contributed by atoms with Gasteiger partial charge >= 0.3 is 0 Å². The molecule has 4 nitrogen and oxygen atoms in total. The van der Waals surface area contributed by atoms with E-state index in [0.717, 1.165) is 32.2 Å². The van der Waals surface area contributed by atoms with E-state index in [1.807, 2.05) is 13.1 Å². The van der Waals surface area contributed by atoms with E-state index >= 15 is 0 Å². The maximum Gasteiger partial charge on any atom is 0.225 e. The Bertz CT molecular complexity index is 697. The van der Waals surface area contributed by atoms with Gasteiger partial charge in [0.1, 0.15) is 5.75 Å². The zero-order valence-corrected chi connectivity index (χ0v) is 16.4. The van der Waals surface area contributed by atoms with Crippen molar-refractivity contribution in [1.29, 1.82) is 0 Å². The maximum absolute atomic E-state index is 13.3. The molecule has 3 aliphatic rings. The van der Waals surface area contributed by atoms with Crippen LogP contribution in [0.2, 0.25) is 0 Å². The Morgan fingerprint density at radius 3 is 2.73 bits per heavy atom. The minimum absolute atomic E-state index is 0.0947. The van der Waals surface area contributed by atoms with E-state index < -0.39 is 0 Å². The molecule has 4 rings (SSSR count). The number of nitrogens with zero attached hydrogens (tertiary/aromatic N) is 2. The zero-order chi connectivity index (χ0) is 18.5. The molecule has 1 saturated heterocycles. The van der Waals surface area contributed by atoms with Crippen LogP contribution in [0.25, 0.3) is 0 Å². The van der Waals surface area contributed by atoms with Crippen molar-refractivity contribution in [2.45, 2.75) is 69.4 Å². The van der Waals surface area contributed by atoms with Crippen LogP contribution in [-0.4, -0.2) is 53.5 Å². The lowest BCUT2D eigenvalue weighted by Crippen LogP contribution is -2.67. The monoisotopic (exact) mass is 356 g/mol. The van der Waals surface area contributed by atoms with Gasteiger partial charge in [0.25, 0.3) is 0 Å². The van der Waals surface area contributed by atoms with Gasteiger partial charge in [-0.2, -0.15) is 0 Å². The molecule has 2 fully saturated rings. The number of benzene rings is 1. The molecular weight excluding hydrogens is 324 g/mol. The second-order valence-corrected chi connectivity index (χ2v) is 8.99. The molecule has 3 atom stereocenters. The van der Waals surface area contributed by atoms with Crippen LogP contribution in [0.5, 0.6) is 5.75 Å². The molecule has 1 saturated carbocycles. The number of aromatic hydroxyl groups is 1. The van der Waals surface area contributed by atoms with Gasteiger partial charge in [-0.15, -0.1) is 0 Å². The Kier molecular flexibility index (Phi) is 4.50. The number of fused-ring (bicyclic) bond motifs is 4. The molecule has 3 unspecified atom stereocenters. The summed E-state index contributed by atoms with van der Waals surface area (Å²) in [6.45, 7) is 3.35. The standard InChI is InChI=1S/C22H32N2O2/c1-22-11-12-23(2)19(13-16-9-10-17(25)14-18(16)22)20(22)24(3)21(26)15-7-5-4-6-8-15/h9-10,14-15,19-20,25H,4-8,11-13H2,1-3H3. The molecule has 1 heterocycles. The van der Waals surface area contributed by atoms with Crippen LogP contribution in [0.1, 0.15) is 56.6 Å². The van der Waals surface area contributed by atoms with Gasteiger partial charge in [-0.3, -0.25) is 4.79 Å². The molecule has 4 heteroatoms. The summed E-state index contributed by atoms with van der Waals surface area (Å²) in [5.41, 5.74) is 2.48. The van der Waals surface area contributed by atoms with Crippen molar-refractivity contribution in [3.05, 3.63) is 29.3 Å². The SMILES string of the molecule is CN1CCC2(C)c3cc(O)ccc3CC1C2N(C)C(=O)C1CCCCC1. The smallest absolute Gasteiger partial charge is 0.225 e. The van der Waals surface area contributed by atoms with Gasteiger partial charge in [0.2, 0.25) is 5.91 Å². The van der Waals surface area contributed by atoms with Gasteiger partial charge in [0.15, 0.2) is 0 Å². The zero-order valence-electron chi connectivity index (χ0n) is 16.4. The van der Waals surface area contributed by atoms with Crippen molar-refractivity contribution in [3.63, 3.8) is 0 Å². The summed E-state index contributed by atoms with van der Waals surface area (Å²) in [6.07, 6.45) is 7.71. The predicted molar refractivity (Wildman–Crippen MR) is 103 cm³/mol. The van der Waals surface area contributed by atoms with Gasteiger partial charge in [0, 0.05) is 24.4 Å². The molecule has 0 radical (unpaired) electrons. The van der Waals surface area contributed by atoms with Crippen molar-refractivity contribution in [3.8, 4) is 5.75 Å². The minimum Gasteiger partial charge on any atom is -0.508 e. The number of hydrogen-bond acceptors (Lipinski definition) is 3. The number of amides is 1. The highest BCUT2D eigenvalue weighted by molar-refractivity contribution is 5.79. The molecule has 1 amide bonds. The molecule has 2 bridgehead atoms. The van der Waals surface area contributed by atoms with E-state index in [-0.39, 0.29) is 17.4 Å². The molecule has 0 aromatic heterocycles. The third kappa shape index (κ3) is 2.74. The fraction of sp³-hybridized carbons (Fsp3) is 0.682. The van der Waals surface area contributed by atoms with Crippen LogP contribution in [0.15, 0.2) is 18.2 Å². The summed E-state index contributed by atoms with van der Waals surface area (Å²) in [5.74, 6) is 0.876. The van der Waals surface area contributed by atoms with E-state index in [4.69, 9.17) is 0 Å². The number of phenols is 1. The van der Waals surface area contributed by atoms with Crippen LogP contribution in [0.3, 0.4) is 0 Å². The van der Waals surface area contributed by atoms with E-state index in [2.05, 4.69) is 29.8 Å². The van der Waals surface area contributed by atoms with E-state index in [1.54, 1.807) is 6.07 Å². The van der Waals surface area contributed by atoms with Crippen molar-refractivity contribution in [1.82, 2.24) is 9.80 Å². The summed E-state index contributed by atoms with van der Waals surface area (Å²) in [7, 11) is 4.22. The second-order valence-electron chi connectivity index (χ2n) is 8.99. The third-order valence-corrected chi connectivity index (χ3v) is 7.42. The fourth-order valence-corrected chi connectivity index (χ4v) is 5.91. The maximum atomic E-state index is 13.3. The second kappa shape index (κ2) is 6.56. The number of phenolic OH excluding ortho intramolecular Hbond substituents is 1. The number of carbonyl (C=O) groups excluding carboxylic acids is 1. The first kappa shape index (κ1) is 17.8. The Morgan fingerprint density at radius 1 is 1.27 bits per heavy atom. The number of likely N-dealkylation sites (tertiary alicyclic amines) is 1. The van der Waals surface area contributed by atoms with Gasteiger partial charge in [0.05, 0.1) is 6.04 Å². The highest BCUT2D eigenvalue weighted by atomic mass is 16.3. The first-order valence-corrected chi connectivity index (χ1v) is 10.2. The topological polar surface area (TPSA) is 43.8 Å². The predicted octanol–water partition coefficient (Wildman–Crippen LogP) is 3.32. The third-order valence-electron chi connectivity index (χ3n) is 7.42. The summed E-state index contributed by atoms with van der Waals surface area (Å²) in [4.78, 5) is 17.8. The van der Waals surface area contributed by atoms with Crippen LogP contribution >= 0.6 is 0 Å². The Labute approximate surface area is 157 Å². The van der Waals surface area contributed by atoms with Crippen molar-refractivity contribution < 1.29 is 9.90 Å². The largest absolute Gasteiger partial charge is 0.508 e. The summed E-state index contributed by atoms with van der Waals surface area (Å²) in [5, 5.41) is 10.1. The van der Waals surface area contributed by atoms with Crippen molar-refractivity contribution >= 4 is 5.91 Å². The lowest BCUT2D eigenvalue weighted by atomic mass is 9.61. The summed E-state index contributed by atoms with van der Waals surface area (Å²) < 4.78 is 0. The Balaban J connectivity index is 1.71. The van der Waals surface area contributed by atoms with Gasteiger partial charge in [-0.25, -0.2) is 0 Å². The molecule has 1 aliphatic heterocycles. The average molecular weight is 357 g/mol. The fourth-order valence-electron chi connectivity index (χ4n) is 5.91. The molecule has 2 aliphatic carbocycles. The summed E-state index contributed by atoms with van der Waals surface area (Å²) >= 11 is 0. The molecular formula is C22H32N2O2. The highest BCUT2D eigenvalue weighted by Gasteiger charge is 2.53.